The molecule has 1 aliphatic carbocycles. The Labute approximate surface area is 112 Å². The fraction of sp³-hybridized carbons (Fsp3) is 0.533. The summed E-state index contributed by atoms with van der Waals surface area (Å²) >= 11 is 0. The molecule has 0 heterocycles. The first-order valence-electron chi connectivity index (χ1n) is 6.73. The van der Waals surface area contributed by atoms with Crippen molar-refractivity contribution in [2.75, 3.05) is 7.05 Å². The molecule has 4 heteroatoms. The van der Waals surface area contributed by atoms with Crippen molar-refractivity contribution in [2.24, 2.45) is 0 Å². The average molecular weight is 267 g/mol. The van der Waals surface area contributed by atoms with Crippen molar-refractivity contribution in [3.05, 3.63) is 35.4 Å². The summed E-state index contributed by atoms with van der Waals surface area (Å²) in [6.45, 7) is 0. The van der Waals surface area contributed by atoms with Crippen molar-refractivity contribution in [3.8, 4) is 0 Å². The second-order valence-electron chi connectivity index (χ2n) is 5.35. The van der Waals surface area contributed by atoms with E-state index in [0.717, 1.165) is 43.9 Å². The van der Waals surface area contributed by atoms with Gasteiger partial charge in [-0.2, -0.15) is 0 Å². The lowest BCUT2D eigenvalue weighted by molar-refractivity contribution is 0.0914. The summed E-state index contributed by atoms with van der Waals surface area (Å²) in [5.41, 5.74) is -0.0873. The quantitative estimate of drug-likeness (QED) is 0.846. The van der Waals surface area contributed by atoms with Gasteiger partial charge in [0.2, 0.25) is 0 Å². The first kappa shape index (κ1) is 14.1. The van der Waals surface area contributed by atoms with Crippen molar-refractivity contribution < 1.29 is 13.6 Å². The molecule has 1 N–H and O–H groups in total. The summed E-state index contributed by atoms with van der Waals surface area (Å²) in [5, 5.41) is 3.24. The molecule has 0 bridgehead atoms. The molecule has 2 nitrogen and oxygen atoms in total. The number of nitrogens with one attached hydrogen (secondary N) is 1. The van der Waals surface area contributed by atoms with E-state index in [-0.39, 0.29) is 16.9 Å². The van der Waals surface area contributed by atoms with Gasteiger partial charge in [0, 0.05) is 23.6 Å². The largest absolute Gasteiger partial charge is 0.314 e. The molecule has 0 amide bonds. The molecule has 1 saturated carbocycles. The highest BCUT2D eigenvalue weighted by atomic mass is 19.1. The molecule has 1 fully saturated rings. The minimum Gasteiger partial charge on any atom is -0.314 e. The van der Waals surface area contributed by atoms with Gasteiger partial charge in [0.05, 0.1) is 0 Å². The molecule has 1 aliphatic rings. The van der Waals surface area contributed by atoms with Crippen LogP contribution in [0.2, 0.25) is 0 Å². The fourth-order valence-corrected chi connectivity index (χ4v) is 2.87. The van der Waals surface area contributed by atoms with Gasteiger partial charge in [-0.15, -0.1) is 0 Å². The maximum absolute atomic E-state index is 13.1. The molecule has 0 aliphatic heterocycles. The third-order valence-corrected chi connectivity index (χ3v) is 4.02. The smallest absolute Gasteiger partial charge is 0.164 e. The predicted molar refractivity (Wildman–Crippen MR) is 70.2 cm³/mol. The van der Waals surface area contributed by atoms with Gasteiger partial charge < -0.3 is 5.32 Å². The van der Waals surface area contributed by atoms with E-state index in [1.807, 2.05) is 7.05 Å². The van der Waals surface area contributed by atoms with E-state index in [1.54, 1.807) is 0 Å². The third-order valence-electron chi connectivity index (χ3n) is 4.02. The average Bonchev–Trinajstić information content (AvgIpc) is 2.38. The topological polar surface area (TPSA) is 29.1 Å². The number of rotatable bonds is 4. The highest BCUT2D eigenvalue weighted by Gasteiger charge is 2.32. The standard InChI is InChI=1S/C15H19F2NO/c1-18-15(5-3-2-4-6-15)10-14(19)11-7-12(16)9-13(17)8-11/h7-9,18H,2-6,10H2,1H3. The zero-order valence-electron chi connectivity index (χ0n) is 11.1. The van der Waals surface area contributed by atoms with Crippen molar-refractivity contribution in [1.82, 2.24) is 5.32 Å². The van der Waals surface area contributed by atoms with Crippen LogP contribution in [0.3, 0.4) is 0 Å². The number of hydrogen-bond donors (Lipinski definition) is 1. The highest BCUT2D eigenvalue weighted by Crippen LogP contribution is 2.31. The summed E-state index contributed by atoms with van der Waals surface area (Å²) < 4.78 is 26.3. The number of halogens is 2. The Morgan fingerprint density at radius 3 is 2.26 bits per heavy atom. The van der Waals surface area contributed by atoms with E-state index < -0.39 is 11.6 Å². The van der Waals surface area contributed by atoms with Crippen molar-refractivity contribution >= 4 is 5.78 Å². The van der Waals surface area contributed by atoms with Crippen LogP contribution in [0.5, 0.6) is 0 Å². The summed E-state index contributed by atoms with van der Waals surface area (Å²) in [4.78, 5) is 12.2. The van der Waals surface area contributed by atoms with Crippen LogP contribution in [0, 0.1) is 11.6 Å². The molecule has 1 aromatic carbocycles. The molecule has 1 aromatic rings. The van der Waals surface area contributed by atoms with Gasteiger partial charge in [0.25, 0.3) is 0 Å². The number of ketones is 1. The van der Waals surface area contributed by atoms with Gasteiger partial charge in [-0.1, -0.05) is 19.3 Å². The molecule has 2 rings (SSSR count). The van der Waals surface area contributed by atoms with Crippen molar-refractivity contribution in [2.45, 2.75) is 44.1 Å². The molecular formula is C15H19F2NO. The molecule has 104 valence electrons. The molecular weight excluding hydrogens is 248 g/mol. The first-order chi connectivity index (χ1) is 9.04. The lowest BCUT2D eigenvalue weighted by atomic mass is 9.77. The maximum Gasteiger partial charge on any atom is 0.164 e. The Bertz CT molecular complexity index is 447. The molecule has 0 radical (unpaired) electrons. The molecule has 0 atom stereocenters. The van der Waals surface area contributed by atoms with Crippen LogP contribution in [0.4, 0.5) is 8.78 Å². The Hall–Kier alpha value is -1.29. The number of carbonyl (C=O) groups is 1. The number of carbonyl (C=O) groups excluding carboxylic acids is 1. The lowest BCUT2D eigenvalue weighted by Gasteiger charge is -2.36. The van der Waals surface area contributed by atoms with Crippen LogP contribution < -0.4 is 5.32 Å². The minimum absolute atomic E-state index is 0.123. The Morgan fingerprint density at radius 2 is 1.74 bits per heavy atom. The number of Topliss-reactive ketones (excluding diaryl/α,β-unsaturated/α-hetero) is 1. The van der Waals surface area contributed by atoms with Gasteiger partial charge in [-0.25, -0.2) is 8.78 Å². The number of benzene rings is 1. The van der Waals surface area contributed by atoms with E-state index in [1.165, 1.54) is 6.42 Å². The normalized spacial score (nSPS) is 18.3. The fourth-order valence-electron chi connectivity index (χ4n) is 2.87. The minimum atomic E-state index is -0.703. The Balaban J connectivity index is 2.15. The van der Waals surface area contributed by atoms with E-state index >= 15 is 0 Å². The zero-order chi connectivity index (χ0) is 13.9. The Morgan fingerprint density at radius 1 is 1.16 bits per heavy atom. The highest BCUT2D eigenvalue weighted by molar-refractivity contribution is 5.96. The third kappa shape index (κ3) is 3.38. The van der Waals surface area contributed by atoms with Gasteiger partial charge in [0.15, 0.2) is 5.78 Å². The lowest BCUT2D eigenvalue weighted by Crippen LogP contribution is -2.46. The summed E-state index contributed by atoms with van der Waals surface area (Å²) in [5.74, 6) is -1.61. The van der Waals surface area contributed by atoms with E-state index in [9.17, 15) is 13.6 Å². The molecule has 0 saturated heterocycles. The van der Waals surface area contributed by atoms with Gasteiger partial charge in [-0.05, 0) is 32.0 Å². The maximum atomic E-state index is 13.1. The van der Waals surface area contributed by atoms with E-state index in [2.05, 4.69) is 5.32 Å². The predicted octanol–water partition coefficient (Wildman–Crippen LogP) is 3.46. The van der Waals surface area contributed by atoms with Crippen LogP contribution in [0.25, 0.3) is 0 Å². The summed E-state index contributed by atoms with van der Waals surface area (Å²) in [6, 6.07) is 3.00. The van der Waals surface area contributed by atoms with E-state index in [0.29, 0.717) is 6.42 Å². The van der Waals surface area contributed by atoms with Crippen LogP contribution in [0.1, 0.15) is 48.9 Å². The SMILES string of the molecule is CNC1(CC(=O)c2cc(F)cc(F)c2)CCCCC1. The molecule has 0 unspecified atom stereocenters. The Kier molecular flexibility index (Phi) is 4.30. The molecule has 19 heavy (non-hydrogen) atoms. The van der Waals surface area contributed by atoms with Crippen molar-refractivity contribution in [1.29, 1.82) is 0 Å². The van der Waals surface area contributed by atoms with Gasteiger partial charge in [-0.3, -0.25) is 4.79 Å². The van der Waals surface area contributed by atoms with Crippen molar-refractivity contribution in [3.63, 3.8) is 0 Å². The van der Waals surface area contributed by atoms with Gasteiger partial charge in [0.1, 0.15) is 11.6 Å². The monoisotopic (exact) mass is 267 g/mol. The van der Waals surface area contributed by atoms with Crippen LogP contribution in [-0.4, -0.2) is 18.4 Å². The number of hydrogen-bond acceptors (Lipinski definition) is 2. The second kappa shape index (κ2) is 5.78. The molecule has 0 aromatic heterocycles. The van der Waals surface area contributed by atoms with Gasteiger partial charge >= 0.3 is 0 Å². The first-order valence-corrected chi connectivity index (χ1v) is 6.73. The summed E-state index contributed by atoms with van der Waals surface area (Å²) in [7, 11) is 1.85. The summed E-state index contributed by atoms with van der Waals surface area (Å²) in [6.07, 6.45) is 5.54. The van der Waals surface area contributed by atoms with Crippen LogP contribution >= 0.6 is 0 Å². The molecule has 0 spiro atoms. The van der Waals surface area contributed by atoms with Crippen LogP contribution in [0.15, 0.2) is 18.2 Å². The zero-order valence-corrected chi connectivity index (χ0v) is 11.1. The second-order valence-corrected chi connectivity index (χ2v) is 5.35. The van der Waals surface area contributed by atoms with E-state index in [4.69, 9.17) is 0 Å². The van der Waals surface area contributed by atoms with Crippen LogP contribution in [-0.2, 0) is 0 Å².